The summed E-state index contributed by atoms with van der Waals surface area (Å²) in [6, 6.07) is 8.96. The summed E-state index contributed by atoms with van der Waals surface area (Å²) >= 11 is 1.46. The van der Waals surface area contributed by atoms with E-state index < -0.39 is 17.7 Å². The van der Waals surface area contributed by atoms with Gasteiger partial charge < -0.3 is 24.0 Å². The highest BCUT2D eigenvalue weighted by Gasteiger charge is 2.43. The third-order valence-corrected chi connectivity index (χ3v) is 9.56. The highest BCUT2D eigenvalue weighted by molar-refractivity contribution is 7.22. The van der Waals surface area contributed by atoms with Crippen LogP contribution >= 0.6 is 11.3 Å². The first-order valence-electron chi connectivity index (χ1n) is 14.0. The molecule has 1 aliphatic carbocycles. The van der Waals surface area contributed by atoms with Gasteiger partial charge in [-0.25, -0.2) is 9.78 Å². The first kappa shape index (κ1) is 27.2. The summed E-state index contributed by atoms with van der Waals surface area (Å²) in [5.41, 5.74) is 0.877. The van der Waals surface area contributed by atoms with Crippen molar-refractivity contribution in [1.82, 2.24) is 10.1 Å². The SMILES string of the molecule is COc1cc(C(=O)O)cc2sc(N3C4CCC3CC(OCc3c(-c5ccccc5C(F)(F)F)noc3C3CC3)C4)nc12. The zero-order valence-electron chi connectivity index (χ0n) is 22.7. The molecule has 2 aromatic heterocycles. The molecule has 2 saturated heterocycles. The van der Waals surface area contributed by atoms with E-state index in [1.165, 1.54) is 36.6 Å². The summed E-state index contributed by atoms with van der Waals surface area (Å²) in [5.74, 6) is 0.206. The number of halogens is 3. The van der Waals surface area contributed by atoms with Gasteiger partial charge in [0.25, 0.3) is 0 Å². The van der Waals surface area contributed by atoms with Crippen LogP contribution in [0, 0.1) is 0 Å². The van der Waals surface area contributed by atoms with E-state index in [1.54, 1.807) is 12.1 Å². The van der Waals surface area contributed by atoms with Crippen molar-refractivity contribution < 1.29 is 37.1 Å². The zero-order chi connectivity index (χ0) is 29.2. The maximum Gasteiger partial charge on any atom is 0.417 e. The lowest BCUT2D eigenvalue weighted by Gasteiger charge is -2.38. The maximum absolute atomic E-state index is 13.8. The van der Waals surface area contributed by atoms with Gasteiger partial charge in [-0.1, -0.05) is 34.7 Å². The number of hydrogen-bond donors (Lipinski definition) is 1. The molecule has 8 nitrogen and oxygen atoms in total. The van der Waals surface area contributed by atoms with Crippen molar-refractivity contribution in [3.8, 4) is 17.0 Å². The van der Waals surface area contributed by atoms with Crippen molar-refractivity contribution in [2.45, 2.75) is 75.4 Å². The number of nitrogens with zero attached hydrogens (tertiary/aromatic N) is 3. The van der Waals surface area contributed by atoms with Crippen LogP contribution in [0.1, 0.15) is 71.7 Å². The second kappa shape index (κ2) is 10.3. The van der Waals surface area contributed by atoms with Gasteiger partial charge in [0, 0.05) is 29.1 Å². The second-order valence-corrected chi connectivity index (χ2v) is 12.2. The Hall–Kier alpha value is -3.64. The fourth-order valence-corrected chi connectivity index (χ4v) is 7.60. The number of aromatic nitrogens is 2. The lowest BCUT2D eigenvalue weighted by molar-refractivity contribution is -0.137. The van der Waals surface area contributed by atoms with Gasteiger partial charge in [-0.05, 0) is 56.7 Å². The average Bonchev–Trinajstić information content (AvgIpc) is 3.48. The van der Waals surface area contributed by atoms with E-state index in [9.17, 15) is 23.1 Å². The van der Waals surface area contributed by atoms with Gasteiger partial charge in [-0.15, -0.1) is 0 Å². The van der Waals surface area contributed by atoms with E-state index >= 15 is 0 Å². The van der Waals surface area contributed by atoms with Crippen LogP contribution in [-0.2, 0) is 17.5 Å². The molecule has 7 rings (SSSR count). The number of aromatic carboxylic acids is 1. The molecule has 12 heteroatoms. The Morgan fingerprint density at radius 3 is 2.55 bits per heavy atom. The highest BCUT2D eigenvalue weighted by atomic mass is 32.1. The Labute approximate surface area is 243 Å². The summed E-state index contributed by atoms with van der Waals surface area (Å²) < 4.78 is 59.7. The van der Waals surface area contributed by atoms with Crippen molar-refractivity contribution in [1.29, 1.82) is 0 Å². The lowest BCUT2D eigenvalue weighted by atomic mass is 9.98. The molecule has 2 atom stereocenters. The Bertz CT molecular complexity index is 1650. The van der Waals surface area contributed by atoms with Gasteiger partial charge in [-0.2, -0.15) is 13.2 Å². The third kappa shape index (κ3) is 4.80. The number of ether oxygens (including phenoxy) is 2. The molecule has 3 fully saturated rings. The molecule has 0 radical (unpaired) electrons. The Kier molecular flexibility index (Phi) is 6.65. The van der Waals surface area contributed by atoms with E-state index in [-0.39, 0.29) is 47.5 Å². The van der Waals surface area contributed by atoms with E-state index in [2.05, 4.69) is 10.1 Å². The topological polar surface area (TPSA) is 97.9 Å². The van der Waals surface area contributed by atoms with Crippen molar-refractivity contribution in [3.63, 3.8) is 0 Å². The fraction of sp³-hybridized carbons (Fsp3) is 0.433. The van der Waals surface area contributed by atoms with Crippen LogP contribution in [0.5, 0.6) is 5.75 Å². The fourth-order valence-electron chi connectivity index (χ4n) is 6.43. The normalized spacial score (nSPS) is 22.2. The van der Waals surface area contributed by atoms with Crippen LogP contribution in [0.3, 0.4) is 0 Å². The molecule has 1 saturated carbocycles. The summed E-state index contributed by atoms with van der Waals surface area (Å²) in [6.45, 7) is 0.136. The lowest BCUT2D eigenvalue weighted by Crippen LogP contribution is -2.45. The summed E-state index contributed by atoms with van der Waals surface area (Å²) in [4.78, 5) is 18.8. The molecule has 42 heavy (non-hydrogen) atoms. The average molecular weight is 600 g/mol. The van der Waals surface area contributed by atoms with Crippen LogP contribution in [0.25, 0.3) is 21.5 Å². The van der Waals surface area contributed by atoms with E-state index in [0.29, 0.717) is 22.6 Å². The summed E-state index contributed by atoms with van der Waals surface area (Å²) in [5, 5.41) is 14.4. The first-order valence-corrected chi connectivity index (χ1v) is 14.8. The number of methoxy groups -OCH3 is 1. The first-order chi connectivity index (χ1) is 20.2. The molecule has 4 aromatic rings. The van der Waals surface area contributed by atoms with Gasteiger partial charge in [0.1, 0.15) is 22.7 Å². The molecule has 0 amide bonds. The van der Waals surface area contributed by atoms with Crippen LogP contribution < -0.4 is 9.64 Å². The summed E-state index contributed by atoms with van der Waals surface area (Å²) in [6.07, 6.45) is 0.710. The van der Waals surface area contributed by atoms with Crippen molar-refractivity contribution in [2.24, 2.45) is 0 Å². The van der Waals surface area contributed by atoms with E-state index in [4.69, 9.17) is 19.0 Å². The minimum atomic E-state index is -4.51. The van der Waals surface area contributed by atoms with Gasteiger partial charge in [0.15, 0.2) is 5.13 Å². The standard InChI is InChI=1S/C30H28F3N3O5S/c1-39-23-10-16(28(37)38)11-24-26(23)34-29(42-24)36-17-8-9-18(36)13-19(12-17)40-14-21-25(35-41-27(21)15-6-7-15)20-4-2-3-5-22(20)30(31,32)33/h2-5,10-11,15,17-19H,6-9,12-14H2,1H3,(H,37,38). The van der Waals surface area contributed by atoms with Crippen molar-refractivity contribution in [2.75, 3.05) is 12.0 Å². The number of benzene rings is 2. The molecule has 2 unspecified atom stereocenters. The molecular formula is C30H28F3N3O5S. The van der Waals surface area contributed by atoms with E-state index in [0.717, 1.165) is 54.4 Å². The second-order valence-electron chi connectivity index (χ2n) is 11.2. The van der Waals surface area contributed by atoms with E-state index in [1.807, 2.05) is 0 Å². The van der Waals surface area contributed by atoms with Crippen LogP contribution in [0.4, 0.5) is 18.3 Å². The third-order valence-electron chi connectivity index (χ3n) is 8.54. The number of rotatable bonds is 8. The highest BCUT2D eigenvalue weighted by Crippen LogP contribution is 2.47. The molecule has 1 N–H and O–H groups in total. The summed E-state index contributed by atoms with van der Waals surface area (Å²) in [7, 11) is 1.50. The maximum atomic E-state index is 13.8. The molecule has 2 aliphatic heterocycles. The molecule has 4 heterocycles. The Morgan fingerprint density at radius 1 is 1.14 bits per heavy atom. The quantitative estimate of drug-likeness (QED) is 0.226. The molecule has 2 aromatic carbocycles. The van der Waals surface area contributed by atoms with Crippen molar-refractivity contribution in [3.05, 3.63) is 58.8 Å². The number of alkyl halides is 3. The predicted octanol–water partition coefficient (Wildman–Crippen LogP) is 7.27. The monoisotopic (exact) mass is 599 g/mol. The molecule has 220 valence electrons. The van der Waals surface area contributed by atoms with Crippen LogP contribution in [0.15, 0.2) is 40.9 Å². The number of fused-ring (bicyclic) bond motifs is 3. The number of thiazole rings is 1. The van der Waals surface area contributed by atoms with Crippen LogP contribution in [0.2, 0.25) is 0 Å². The number of carboxylic acid groups (broad SMARTS) is 1. The zero-order valence-corrected chi connectivity index (χ0v) is 23.5. The van der Waals surface area contributed by atoms with Crippen LogP contribution in [-0.4, -0.2) is 46.5 Å². The predicted molar refractivity (Wildman–Crippen MR) is 149 cm³/mol. The van der Waals surface area contributed by atoms with Gasteiger partial charge in [0.05, 0.1) is 35.6 Å². The molecule has 3 aliphatic rings. The van der Waals surface area contributed by atoms with Gasteiger partial charge in [0.2, 0.25) is 0 Å². The minimum absolute atomic E-state index is 0.00598. The molecular weight excluding hydrogens is 571 g/mol. The Morgan fingerprint density at radius 2 is 1.88 bits per heavy atom. The largest absolute Gasteiger partial charge is 0.494 e. The molecule has 2 bridgehead atoms. The number of anilines is 1. The Balaban J connectivity index is 1.12. The number of carboxylic acids is 1. The smallest absolute Gasteiger partial charge is 0.417 e. The van der Waals surface area contributed by atoms with Gasteiger partial charge >= 0.3 is 12.1 Å². The number of carbonyl (C=O) groups is 1. The minimum Gasteiger partial charge on any atom is -0.494 e. The van der Waals surface area contributed by atoms with Crippen molar-refractivity contribution >= 4 is 32.7 Å². The van der Waals surface area contributed by atoms with Gasteiger partial charge in [-0.3, -0.25) is 0 Å². The molecule has 0 spiro atoms. The number of piperidine rings is 1. The number of hydrogen-bond acceptors (Lipinski definition) is 8.